The summed E-state index contributed by atoms with van der Waals surface area (Å²) in [5, 5.41) is 9.97. The number of rotatable bonds is 8. The summed E-state index contributed by atoms with van der Waals surface area (Å²) in [6.45, 7) is -0.415. The van der Waals surface area contributed by atoms with Gasteiger partial charge in [0, 0.05) is 29.3 Å². The number of nitrogens with zero attached hydrogens (tertiary/aromatic N) is 3. The maximum absolute atomic E-state index is 11.3. The van der Waals surface area contributed by atoms with Crippen molar-refractivity contribution in [3.8, 4) is 5.88 Å². The van der Waals surface area contributed by atoms with Crippen LogP contribution in [0.1, 0.15) is 29.7 Å². The van der Waals surface area contributed by atoms with Crippen LogP contribution in [0.3, 0.4) is 0 Å². The molecule has 1 aliphatic rings. The lowest BCUT2D eigenvalue weighted by atomic mass is 10.2. The molecule has 0 amide bonds. The Labute approximate surface area is 174 Å². The molecule has 0 fully saturated rings. The number of carbonyl (C=O) groups is 2. The molecule has 3 rings (SSSR count). The number of aliphatic carboxylic acids is 1. The highest BCUT2D eigenvalue weighted by molar-refractivity contribution is 7.98. The minimum absolute atomic E-state index is 0.333. The van der Waals surface area contributed by atoms with Gasteiger partial charge < -0.3 is 14.6 Å². The van der Waals surface area contributed by atoms with Crippen molar-refractivity contribution in [3.05, 3.63) is 39.3 Å². The fourth-order valence-corrected chi connectivity index (χ4v) is 4.16. The van der Waals surface area contributed by atoms with E-state index >= 15 is 0 Å². The topological polar surface area (TPSA) is 112 Å². The van der Waals surface area contributed by atoms with Crippen LogP contribution in [0.2, 0.25) is 10.0 Å². The Morgan fingerprint density at radius 1 is 1.18 bits per heavy atom. The molecule has 148 valence electrons. The smallest absolute Gasteiger partial charge is 0.320 e. The largest absolute Gasteiger partial charge is 0.481 e. The number of hydrogen-bond acceptors (Lipinski definition) is 8. The van der Waals surface area contributed by atoms with Crippen molar-refractivity contribution < 1.29 is 24.2 Å². The first kappa shape index (κ1) is 20.6. The van der Waals surface area contributed by atoms with Crippen LogP contribution in [0, 0.1) is 0 Å². The molecule has 0 saturated carbocycles. The van der Waals surface area contributed by atoms with Crippen LogP contribution in [0.25, 0.3) is 0 Å². The average molecular weight is 444 g/mol. The first-order valence-corrected chi connectivity index (χ1v) is 9.99. The number of thioether (sulfide) groups is 1. The Balaban J connectivity index is 1.69. The molecule has 0 bridgehead atoms. The van der Waals surface area contributed by atoms with Crippen LogP contribution in [0.4, 0.5) is 0 Å². The van der Waals surface area contributed by atoms with Crippen molar-refractivity contribution in [2.24, 2.45) is 0 Å². The second-order valence-electron chi connectivity index (χ2n) is 5.81. The molecule has 0 aliphatic heterocycles. The number of esters is 1. The molecule has 0 radical (unpaired) electrons. The highest BCUT2D eigenvalue weighted by atomic mass is 35.5. The van der Waals surface area contributed by atoms with Gasteiger partial charge in [-0.3, -0.25) is 14.6 Å². The quantitative estimate of drug-likeness (QED) is 0.215. The summed E-state index contributed by atoms with van der Waals surface area (Å²) in [5.74, 6) is -1.36. The Kier molecular flexibility index (Phi) is 6.93. The molecule has 1 aliphatic carbocycles. The minimum atomic E-state index is -1.26. The number of carboxylic acid groups (broad SMARTS) is 1. The summed E-state index contributed by atoms with van der Waals surface area (Å²) >= 11 is 13.6. The molecule has 2 heterocycles. The van der Waals surface area contributed by atoms with Crippen LogP contribution in [-0.2, 0) is 32.9 Å². The predicted molar refractivity (Wildman–Crippen MR) is 102 cm³/mol. The molecular weight excluding hydrogens is 429 g/mol. The molecule has 0 aromatic carbocycles. The standard InChI is InChI=1S/C17H15Cl2N3O5S/c18-11-5-20-6-12(19)10(11)7-28-17-21-13-3-1-2-9(13)16(22-17)27-8-26-15(25)4-14(23)24/h5-6H,1-4,7-8H2,(H,23,24). The monoisotopic (exact) mass is 443 g/mol. The fourth-order valence-electron chi connectivity index (χ4n) is 2.60. The van der Waals surface area contributed by atoms with Gasteiger partial charge in [0.2, 0.25) is 12.7 Å². The summed E-state index contributed by atoms with van der Waals surface area (Å²) in [7, 11) is 0. The molecule has 8 nitrogen and oxygen atoms in total. The lowest BCUT2D eigenvalue weighted by Gasteiger charge is -2.12. The third kappa shape index (κ3) is 5.24. The van der Waals surface area contributed by atoms with Crippen molar-refractivity contribution in [1.82, 2.24) is 15.0 Å². The third-order valence-corrected chi connectivity index (χ3v) is 5.41. The summed E-state index contributed by atoms with van der Waals surface area (Å²) in [6, 6.07) is 0. The van der Waals surface area contributed by atoms with Crippen molar-refractivity contribution in [2.45, 2.75) is 36.6 Å². The molecule has 0 atom stereocenters. The summed E-state index contributed by atoms with van der Waals surface area (Å²) in [4.78, 5) is 34.7. The molecule has 28 heavy (non-hydrogen) atoms. The van der Waals surface area contributed by atoms with Crippen molar-refractivity contribution in [3.63, 3.8) is 0 Å². The summed E-state index contributed by atoms with van der Waals surface area (Å²) in [6.07, 6.45) is 4.81. The third-order valence-electron chi connectivity index (χ3n) is 3.88. The van der Waals surface area contributed by atoms with E-state index in [2.05, 4.69) is 15.0 Å². The van der Waals surface area contributed by atoms with E-state index in [9.17, 15) is 9.59 Å². The minimum Gasteiger partial charge on any atom is -0.481 e. The molecule has 2 aromatic heterocycles. The van der Waals surface area contributed by atoms with Gasteiger partial charge in [0.25, 0.3) is 0 Å². The molecule has 0 spiro atoms. The maximum atomic E-state index is 11.3. The van der Waals surface area contributed by atoms with E-state index in [0.29, 0.717) is 26.8 Å². The zero-order chi connectivity index (χ0) is 20.1. The number of carboxylic acids is 1. The highest BCUT2D eigenvalue weighted by Crippen LogP contribution is 2.33. The van der Waals surface area contributed by atoms with Crippen LogP contribution in [0.5, 0.6) is 5.88 Å². The molecule has 0 saturated heterocycles. The zero-order valence-corrected chi connectivity index (χ0v) is 16.8. The summed E-state index contributed by atoms with van der Waals surface area (Å²) in [5.41, 5.74) is 2.49. The van der Waals surface area contributed by atoms with Crippen molar-refractivity contribution in [1.29, 1.82) is 0 Å². The van der Waals surface area contributed by atoms with Gasteiger partial charge in [-0.1, -0.05) is 35.0 Å². The normalized spacial score (nSPS) is 12.5. The van der Waals surface area contributed by atoms with E-state index in [1.165, 1.54) is 24.2 Å². The van der Waals surface area contributed by atoms with Crippen molar-refractivity contribution >= 4 is 46.9 Å². The number of aromatic nitrogens is 3. The van der Waals surface area contributed by atoms with Gasteiger partial charge in [0.05, 0.1) is 15.7 Å². The number of carbonyl (C=O) groups excluding carboxylic acids is 1. The van der Waals surface area contributed by atoms with E-state index in [0.717, 1.165) is 36.1 Å². The van der Waals surface area contributed by atoms with E-state index in [1.807, 2.05) is 0 Å². The predicted octanol–water partition coefficient (Wildman–Crippen LogP) is 3.31. The van der Waals surface area contributed by atoms with Crippen LogP contribution in [0.15, 0.2) is 17.6 Å². The van der Waals surface area contributed by atoms with Gasteiger partial charge in [0.15, 0.2) is 5.16 Å². The van der Waals surface area contributed by atoms with Gasteiger partial charge >= 0.3 is 11.9 Å². The van der Waals surface area contributed by atoms with Crippen LogP contribution >= 0.6 is 35.0 Å². The summed E-state index contributed by atoms with van der Waals surface area (Å²) < 4.78 is 10.2. The second kappa shape index (κ2) is 9.40. The van der Waals surface area contributed by atoms with E-state index in [-0.39, 0.29) is 0 Å². The van der Waals surface area contributed by atoms with Gasteiger partial charge in [-0.05, 0) is 19.3 Å². The first-order valence-electron chi connectivity index (χ1n) is 8.24. The molecular formula is C17H15Cl2N3O5S. The fraction of sp³-hybridized carbons (Fsp3) is 0.353. The highest BCUT2D eigenvalue weighted by Gasteiger charge is 2.21. The van der Waals surface area contributed by atoms with E-state index < -0.39 is 25.2 Å². The van der Waals surface area contributed by atoms with Gasteiger partial charge in [-0.15, -0.1) is 0 Å². The Hall–Kier alpha value is -2.10. The number of pyridine rings is 1. The number of halogens is 2. The lowest BCUT2D eigenvalue weighted by Crippen LogP contribution is -2.15. The molecule has 1 N–H and O–H groups in total. The van der Waals surface area contributed by atoms with Crippen molar-refractivity contribution in [2.75, 3.05) is 6.79 Å². The Morgan fingerprint density at radius 2 is 1.93 bits per heavy atom. The van der Waals surface area contributed by atoms with E-state index in [1.54, 1.807) is 0 Å². The molecule has 11 heteroatoms. The van der Waals surface area contributed by atoms with Gasteiger partial charge in [-0.25, -0.2) is 4.98 Å². The zero-order valence-electron chi connectivity index (χ0n) is 14.5. The maximum Gasteiger partial charge on any atom is 0.320 e. The Morgan fingerprint density at radius 3 is 2.64 bits per heavy atom. The van der Waals surface area contributed by atoms with Crippen LogP contribution in [-0.4, -0.2) is 38.8 Å². The first-order chi connectivity index (χ1) is 13.4. The molecule has 2 aromatic rings. The van der Waals surface area contributed by atoms with E-state index in [4.69, 9.17) is 37.8 Å². The number of hydrogen-bond donors (Lipinski definition) is 1. The SMILES string of the molecule is O=C(O)CC(=O)OCOc1nc(SCc2c(Cl)cncc2Cl)nc2c1CCC2. The van der Waals surface area contributed by atoms with Gasteiger partial charge in [0.1, 0.15) is 6.42 Å². The number of aryl methyl sites for hydroxylation is 1. The number of fused-ring (bicyclic) bond motifs is 1. The van der Waals surface area contributed by atoms with Gasteiger partial charge in [-0.2, -0.15) is 4.98 Å². The lowest BCUT2D eigenvalue weighted by molar-refractivity contribution is -0.156. The molecule has 0 unspecified atom stereocenters. The second-order valence-corrected chi connectivity index (χ2v) is 7.57. The number of ether oxygens (including phenoxy) is 2. The average Bonchev–Trinajstić information content (AvgIpc) is 3.09. The Bertz CT molecular complexity index is 892. The van der Waals surface area contributed by atoms with Crippen LogP contribution < -0.4 is 4.74 Å².